The lowest BCUT2D eigenvalue weighted by Crippen LogP contribution is -2.49. The molecule has 1 saturated heterocycles. The maximum atomic E-state index is 11.9. The van der Waals surface area contributed by atoms with E-state index in [0.29, 0.717) is 23.2 Å². The molecule has 1 N–H and O–H groups in total. The number of nitro groups is 1. The first-order chi connectivity index (χ1) is 11.2. The monoisotopic (exact) mass is 399 g/mol. The van der Waals surface area contributed by atoms with E-state index < -0.39 is 11.7 Å². The maximum absolute atomic E-state index is 11.9. The lowest BCUT2D eigenvalue weighted by molar-refractivity contribution is -0.384. The van der Waals surface area contributed by atoms with Crippen molar-refractivity contribution >= 4 is 33.4 Å². The van der Waals surface area contributed by atoms with Crippen molar-refractivity contribution in [3.05, 3.63) is 32.8 Å². The molecule has 1 unspecified atom stereocenters. The second kappa shape index (κ2) is 7.38. The summed E-state index contributed by atoms with van der Waals surface area (Å²) < 4.78 is 5.96. The van der Waals surface area contributed by atoms with Gasteiger partial charge in [0.05, 0.1) is 4.92 Å². The molecular weight excluding hydrogens is 378 g/mol. The molecule has 0 spiro atoms. The Labute approximate surface area is 149 Å². The average molecular weight is 400 g/mol. The number of carbonyl (C=O) groups is 1. The van der Waals surface area contributed by atoms with Crippen molar-refractivity contribution in [2.75, 3.05) is 18.0 Å². The highest BCUT2D eigenvalue weighted by atomic mass is 79.9. The van der Waals surface area contributed by atoms with Gasteiger partial charge in [0.2, 0.25) is 0 Å². The van der Waals surface area contributed by atoms with Crippen LogP contribution in [0.1, 0.15) is 33.6 Å². The van der Waals surface area contributed by atoms with Crippen molar-refractivity contribution in [3.63, 3.8) is 0 Å². The number of piperidine rings is 1. The van der Waals surface area contributed by atoms with Gasteiger partial charge in [-0.25, -0.2) is 4.79 Å². The van der Waals surface area contributed by atoms with Crippen LogP contribution in [0.5, 0.6) is 0 Å². The zero-order valence-electron chi connectivity index (χ0n) is 14.0. The number of hydrogen-bond acceptors (Lipinski definition) is 5. The first kappa shape index (κ1) is 18.5. The Morgan fingerprint density at radius 1 is 1.46 bits per heavy atom. The SMILES string of the molecule is CC(C)(C)OC(=O)NC1CCCN(c2c(Br)cccc2[N+](=O)[O-])C1. The van der Waals surface area contributed by atoms with Gasteiger partial charge in [0.1, 0.15) is 11.3 Å². The summed E-state index contributed by atoms with van der Waals surface area (Å²) in [5.41, 5.74) is 0.0557. The Bertz CT molecular complexity index is 630. The molecule has 8 heteroatoms. The quantitative estimate of drug-likeness (QED) is 0.616. The third kappa shape index (κ3) is 4.83. The number of halogens is 1. The normalized spacial score (nSPS) is 18.2. The van der Waals surface area contributed by atoms with Crippen LogP contribution in [0, 0.1) is 10.1 Å². The van der Waals surface area contributed by atoms with Gasteiger partial charge in [0, 0.05) is 29.7 Å². The van der Waals surface area contributed by atoms with Crippen molar-refractivity contribution in [2.24, 2.45) is 0 Å². The van der Waals surface area contributed by atoms with Crippen LogP contribution in [0.3, 0.4) is 0 Å². The molecule has 1 aliphatic rings. The van der Waals surface area contributed by atoms with Crippen molar-refractivity contribution in [2.45, 2.75) is 45.3 Å². The number of amides is 1. The minimum absolute atomic E-state index is 0.0577. The number of ether oxygens (including phenoxy) is 1. The van der Waals surface area contributed by atoms with E-state index in [-0.39, 0.29) is 16.7 Å². The summed E-state index contributed by atoms with van der Waals surface area (Å²) >= 11 is 3.40. The van der Waals surface area contributed by atoms with Crippen molar-refractivity contribution < 1.29 is 14.5 Å². The van der Waals surface area contributed by atoms with Crippen molar-refractivity contribution in [3.8, 4) is 0 Å². The van der Waals surface area contributed by atoms with Gasteiger partial charge in [-0.2, -0.15) is 0 Å². The molecular formula is C16H22BrN3O4. The summed E-state index contributed by atoms with van der Waals surface area (Å²) in [6, 6.07) is 4.81. The van der Waals surface area contributed by atoms with Gasteiger partial charge in [0.25, 0.3) is 5.69 Å². The molecule has 1 atom stereocenters. The molecule has 0 aliphatic carbocycles. The number of rotatable bonds is 3. The van der Waals surface area contributed by atoms with Crippen molar-refractivity contribution in [1.82, 2.24) is 5.32 Å². The summed E-state index contributed by atoms with van der Waals surface area (Å²) in [4.78, 5) is 24.8. The van der Waals surface area contributed by atoms with Gasteiger partial charge in [-0.1, -0.05) is 6.07 Å². The summed E-state index contributed by atoms with van der Waals surface area (Å²) in [5.74, 6) is 0. The molecule has 1 aromatic rings. The fourth-order valence-corrected chi connectivity index (χ4v) is 3.34. The summed E-state index contributed by atoms with van der Waals surface area (Å²) in [6.07, 6.45) is 1.18. The highest BCUT2D eigenvalue weighted by molar-refractivity contribution is 9.10. The number of nitrogens with one attached hydrogen (secondary N) is 1. The first-order valence-electron chi connectivity index (χ1n) is 7.85. The second-order valence-corrected chi connectivity index (χ2v) is 7.65. The van der Waals surface area contributed by atoms with E-state index in [2.05, 4.69) is 21.2 Å². The van der Waals surface area contributed by atoms with E-state index in [1.165, 1.54) is 6.07 Å². The molecule has 24 heavy (non-hydrogen) atoms. The number of carbonyl (C=O) groups excluding carboxylic acids is 1. The topological polar surface area (TPSA) is 84.7 Å². The molecule has 7 nitrogen and oxygen atoms in total. The molecule has 1 heterocycles. The zero-order chi connectivity index (χ0) is 17.9. The fourth-order valence-electron chi connectivity index (χ4n) is 2.74. The number of nitrogens with zero attached hydrogens (tertiary/aromatic N) is 2. The first-order valence-corrected chi connectivity index (χ1v) is 8.64. The maximum Gasteiger partial charge on any atom is 0.407 e. The van der Waals surface area contributed by atoms with E-state index in [0.717, 1.165) is 12.8 Å². The number of para-hydroxylation sites is 1. The van der Waals surface area contributed by atoms with Crippen molar-refractivity contribution in [1.29, 1.82) is 0 Å². The van der Waals surface area contributed by atoms with Gasteiger partial charge < -0.3 is 15.0 Å². The Morgan fingerprint density at radius 2 is 2.17 bits per heavy atom. The Kier molecular flexibility index (Phi) is 5.69. The third-order valence-corrected chi connectivity index (χ3v) is 4.26. The predicted octanol–water partition coefficient (Wildman–Crippen LogP) is 3.85. The fraction of sp³-hybridized carbons (Fsp3) is 0.562. The van der Waals surface area contributed by atoms with Gasteiger partial charge in [0.15, 0.2) is 0 Å². The number of nitro benzene ring substituents is 1. The molecule has 0 radical (unpaired) electrons. The third-order valence-electron chi connectivity index (χ3n) is 3.62. The largest absolute Gasteiger partial charge is 0.444 e. The smallest absolute Gasteiger partial charge is 0.407 e. The molecule has 2 rings (SSSR count). The van der Waals surface area contributed by atoms with E-state index in [9.17, 15) is 14.9 Å². The second-order valence-electron chi connectivity index (χ2n) is 6.80. The van der Waals surface area contributed by atoms with Gasteiger partial charge in [-0.3, -0.25) is 10.1 Å². The van der Waals surface area contributed by atoms with E-state index >= 15 is 0 Å². The molecule has 132 valence electrons. The Hall–Kier alpha value is -1.83. The predicted molar refractivity (Wildman–Crippen MR) is 95.4 cm³/mol. The summed E-state index contributed by atoms with van der Waals surface area (Å²) in [7, 11) is 0. The molecule has 1 amide bonds. The Morgan fingerprint density at radius 3 is 2.79 bits per heavy atom. The van der Waals surface area contributed by atoms with Crippen LogP contribution in [0.2, 0.25) is 0 Å². The van der Waals surface area contributed by atoms with Crippen LogP contribution in [0.25, 0.3) is 0 Å². The minimum atomic E-state index is -0.556. The van der Waals surface area contributed by atoms with Gasteiger partial charge >= 0.3 is 6.09 Å². The molecule has 1 aromatic carbocycles. The number of hydrogen-bond donors (Lipinski definition) is 1. The van der Waals surface area contributed by atoms with Gasteiger partial charge in [-0.15, -0.1) is 0 Å². The molecule has 0 saturated carbocycles. The number of anilines is 1. The molecule has 1 fully saturated rings. The van der Waals surface area contributed by atoms with Crippen LogP contribution in [0.4, 0.5) is 16.2 Å². The van der Waals surface area contributed by atoms with E-state index in [1.807, 2.05) is 25.7 Å². The van der Waals surface area contributed by atoms with Crippen LogP contribution < -0.4 is 10.2 Å². The zero-order valence-corrected chi connectivity index (χ0v) is 15.6. The van der Waals surface area contributed by atoms with E-state index in [4.69, 9.17) is 4.74 Å². The van der Waals surface area contributed by atoms with Crippen LogP contribution in [-0.2, 0) is 4.74 Å². The molecule has 0 aromatic heterocycles. The number of benzene rings is 1. The minimum Gasteiger partial charge on any atom is -0.444 e. The standard InChI is InChI=1S/C16H22BrN3O4/c1-16(2,3)24-15(21)18-11-6-5-9-19(10-11)14-12(17)7-4-8-13(14)20(22)23/h4,7-8,11H,5-6,9-10H2,1-3H3,(H,18,21). The lowest BCUT2D eigenvalue weighted by atomic mass is 10.0. The van der Waals surface area contributed by atoms with Crippen LogP contribution in [0.15, 0.2) is 22.7 Å². The molecule has 0 bridgehead atoms. The van der Waals surface area contributed by atoms with Crippen LogP contribution in [-0.4, -0.2) is 35.7 Å². The molecule has 1 aliphatic heterocycles. The lowest BCUT2D eigenvalue weighted by Gasteiger charge is -2.35. The highest BCUT2D eigenvalue weighted by Gasteiger charge is 2.29. The average Bonchev–Trinajstić information content (AvgIpc) is 2.44. The van der Waals surface area contributed by atoms with Gasteiger partial charge in [-0.05, 0) is 55.6 Å². The summed E-state index contributed by atoms with van der Waals surface area (Å²) in [6.45, 7) is 6.64. The van der Waals surface area contributed by atoms with Crippen LogP contribution >= 0.6 is 15.9 Å². The van der Waals surface area contributed by atoms with E-state index in [1.54, 1.807) is 12.1 Å². The summed E-state index contributed by atoms with van der Waals surface area (Å²) in [5, 5.41) is 14.2. The Balaban J connectivity index is 2.12. The highest BCUT2D eigenvalue weighted by Crippen LogP contribution is 2.37. The number of alkyl carbamates (subject to hydrolysis) is 1.